The maximum Gasteiger partial charge on any atom is 0.241 e. The minimum absolute atomic E-state index is 0.121. The van der Waals surface area contributed by atoms with Gasteiger partial charge in [0.15, 0.2) is 0 Å². The molecule has 3 rings (SSSR count). The summed E-state index contributed by atoms with van der Waals surface area (Å²) in [5.74, 6) is 0.0199. The zero-order chi connectivity index (χ0) is 20.9. The smallest absolute Gasteiger partial charge is 0.241 e. The van der Waals surface area contributed by atoms with Gasteiger partial charge >= 0.3 is 0 Å². The molecule has 1 heterocycles. The van der Waals surface area contributed by atoms with Crippen LogP contribution in [0.1, 0.15) is 29.3 Å². The standard InChI is InChI=1S/C21H21ClN2O4S/c1-15-8-10-17(11-9-15)29(26,27)24-19(20-7-4-12-28-20)13-21(25)23-14-16-5-2-3-6-18(16)22/h2-12,19,24H,13-14H2,1H3,(H,23,25)/t19-/m0/s1. The summed E-state index contributed by atoms with van der Waals surface area (Å²) in [4.78, 5) is 12.6. The van der Waals surface area contributed by atoms with Crippen molar-refractivity contribution in [1.82, 2.24) is 10.0 Å². The lowest BCUT2D eigenvalue weighted by atomic mass is 10.1. The van der Waals surface area contributed by atoms with E-state index in [4.69, 9.17) is 16.0 Å². The number of amides is 1. The highest BCUT2D eigenvalue weighted by Gasteiger charge is 2.25. The van der Waals surface area contributed by atoms with Gasteiger partial charge in [0.1, 0.15) is 5.76 Å². The largest absolute Gasteiger partial charge is 0.468 e. The molecule has 1 amide bonds. The van der Waals surface area contributed by atoms with E-state index in [2.05, 4.69) is 10.0 Å². The van der Waals surface area contributed by atoms with Crippen LogP contribution in [0.4, 0.5) is 0 Å². The summed E-state index contributed by atoms with van der Waals surface area (Å²) in [7, 11) is -3.83. The van der Waals surface area contributed by atoms with Crippen LogP contribution in [0, 0.1) is 6.92 Å². The molecule has 0 bridgehead atoms. The number of carbonyl (C=O) groups is 1. The molecule has 1 aromatic heterocycles. The average Bonchev–Trinajstić information content (AvgIpc) is 3.22. The summed E-state index contributed by atoms with van der Waals surface area (Å²) in [5, 5.41) is 3.32. The molecule has 1 atom stereocenters. The van der Waals surface area contributed by atoms with Crippen LogP contribution in [0.2, 0.25) is 5.02 Å². The lowest BCUT2D eigenvalue weighted by molar-refractivity contribution is -0.121. The molecule has 0 saturated carbocycles. The second-order valence-electron chi connectivity index (χ2n) is 6.57. The van der Waals surface area contributed by atoms with Crippen LogP contribution in [-0.4, -0.2) is 14.3 Å². The Balaban J connectivity index is 1.71. The minimum atomic E-state index is -3.83. The number of aryl methyl sites for hydroxylation is 1. The van der Waals surface area contributed by atoms with Crippen molar-refractivity contribution < 1.29 is 17.6 Å². The molecule has 0 saturated heterocycles. The second kappa shape index (κ2) is 9.26. The zero-order valence-electron chi connectivity index (χ0n) is 15.8. The van der Waals surface area contributed by atoms with E-state index in [1.807, 2.05) is 19.1 Å². The highest BCUT2D eigenvalue weighted by atomic mass is 35.5. The van der Waals surface area contributed by atoms with Crippen molar-refractivity contribution in [3.8, 4) is 0 Å². The fourth-order valence-corrected chi connectivity index (χ4v) is 4.16. The molecule has 0 aliphatic heterocycles. The van der Waals surface area contributed by atoms with Crippen molar-refractivity contribution in [3.63, 3.8) is 0 Å². The van der Waals surface area contributed by atoms with Crippen molar-refractivity contribution in [1.29, 1.82) is 0 Å². The Morgan fingerprint density at radius 1 is 1.07 bits per heavy atom. The average molecular weight is 433 g/mol. The Bertz CT molecular complexity index is 1060. The van der Waals surface area contributed by atoms with E-state index in [1.54, 1.807) is 36.4 Å². The Kier molecular flexibility index (Phi) is 6.74. The third kappa shape index (κ3) is 5.69. The third-order valence-electron chi connectivity index (χ3n) is 4.34. The predicted octanol–water partition coefficient (Wildman–Crippen LogP) is 3.97. The summed E-state index contributed by atoms with van der Waals surface area (Å²) in [6.45, 7) is 2.12. The molecule has 0 unspecified atom stereocenters. The molecule has 0 aliphatic carbocycles. The summed E-state index contributed by atoms with van der Waals surface area (Å²) in [6, 6.07) is 16.1. The Morgan fingerprint density at radius 2 is 1.79 bits per heavy atom. The van der Waals surface area contributed by atoms with Crippen molar-refractivity contribution in [2.75, 3.05) is 0 Å². The van der Waals surface area contributed by atoms with Gasteiger partial charge < -0.3 is 9.73 Å². The molecule has 8 heteroatoms. The Labute approximate surface area is 174 Å². The molecular weight excluding hydrogens is 412 g/mol. The molecule has 152 valence electrons. The topological polar surface area (TPSA) is 88.4 Å². The molecule has 0 radical (unpaired) electrons. The number of halogens is 1. The van der Waals surface area contributed by atoms with E-state index in [0.29, 0.717) is 10.8 Å². The minimum Gasteiger partial charge on any atom is -0.468 e. The first-order chi connectivity index (χ1) is 13.8. The van der Waals surface area contributed by atoms with Crippen LogP contribution in [0.3, 0.4) is 0 Å². The predicted molar refractivity (Wildman–Crippen MR) is 111 cm³/mol. The Morgan fingerprint density at radius 3 is 2.45 bits per heavy atom. The summed E-state index contributed by atoms with van der Waals surface area (Å²) >= 11 is 6.10. The van der Waals surface area contributed by atoms with Crippen LogP contribution >= 0.6 is 11.6 Å². The first kappa shape index (κ1) is 21.1. The van der Waals surface area contributed by atoms with Gasteiger partial charge in [0.2, 0.25) is 15.9 Å². The van der Waals surface area contributed by atoms with Gasteiger partial charge in [-0.05, 0) is 42.8 Å². The van der Waals surface area contributed by atoms with Gasteiger partial charge in [0.25, 0.3) is 0 Å². The highest BCUT2D eigenvalue weighted by Crippen LogP contribution is 2.22. The third-order valence-corrected chi connectivity index (χ3v) is 6.20. The molecule has 29 heavy (non-hydrogen) atoms. The number of hydrogen-bond donors (Lipinski definition) is 2. The SMILES string of the molecule is Cc1ccc(S(=O)(=O)N[C@@H](CC(=O)NCc2ccccc2Cl)c2ccco2)cc1. The van der Waals surface area contributed by atoms with E-state index in [0.717, 1.165) is 11.1 Å². The molecule has 3 aromatic rings. The van der Waals surface area contributed by atoms with Crippen LogP contribution < -0.4 is 10.0 Å². The van der Waals surface area contributed by atoms with Gasteiger partial charge in [-0.2, -0.15) is 4.72 Å². The lowest BCUT2D eigenvalue weighted by Gasteiger charge is -2.17. The van der Waals surface area contributed by atoms with Crippen molar-refractivity contribution in [3.05, 3.63) is 88.8 Å². The van der Waals surface area contributed by atoms with E-state index in [1.165, 1.54) is 18.4 Å². The second-order valence-corrected chi connectivity index (χ2v) is 8.70. The summed E-state index contributed by atoms with van der Waals surface area (Å²) in [6.07, 6.45) is 1.31. The molecule has 0 spiro atoms. The molecule has 0 fully saturated rings. The van der Waals surface area contributed by atoms with Crippen molar-refractivity contribution >= 4 is 27.5 Å². The number of nitrogens with one attached hydrogen (secondary N) is 2. The maximum absolute atomic E-state index is 12.8. The molecule has 2 N–H and O–H groups in total. The fourth-order valence-electron chi connectivity index (χ4n) is 2.76. The molecule has 0 aliphatic rings. The summed E-state index contributed by atoms with van der Waals surface area (Å²) < 4.78 is 33.4. The quantitative estimate of drug-likeness (QED) is 0.563. The van der Waals surface area contributed by atoms with Gasteiger partial charge in [0.05, 0.1) is 23.6 Å². The lowest BCUT2D eigenvalue weighted by Crippen LogP contribution is -2.33. The van der Waals surface area contributed by atoms with Crippen LogP contribution in [0.25, 0.3) is 0 Å². The van der Waals surface area contributed by atoms with Crippen molar-refractivity contribution in [2.24, 2.45) is 0 Å². The number of benzene rings is 2. The van der Waals surface area contributed by atoms with Gasteiger partial charge in [0, 0.05) is 11.6 Å². The zero-order valence-corrected chi connectivity index (χ0v) is 17.3. The van der Waals surface area contributed by atoms with Crippen molar-refractivity contribution in [2.45, 2.75) is 30.8 Å². The molecular formula is C21H21ClN2O4S. The van der Waals surface area contributed by atoms with Gasteiger partial charge in [-0.3, -0.25) is 4.79 Å². The Hall–Kier alpha value is -2.61. The van der Waals surface area contributed by atoms with Crippen LogP contribution in [-0.2, 0) is 21.4 Å². The summed E-state index contributed by atoms with van der Waals surface area (Å²) in [5.41, 5.74) is 1.72. The number of rotatable bonds is 8. The van der Waals surface area contributed by atoms with Gasteiger partial charge in [-0.25, -0.2) is 8.42 Å². The molecule has 2 aromatic carbocycles. The van der Waals surface area contributed by atoms with Crippen LogP contribution in [0.5, 0.6) is 0 Å². The normalized spacial score (nSPS) is 12.5. The maximum atomic E-state index is 12.8. The highest BCUT2D eigenvalue weighted by molar-refractivity contribution is 7.89. The van der Waals surface area contributed by atoms with Gasteiger partial charge in [-0.15, -0.1) is 0 Å². The fraction of sp³-hybridized carbons (Fsp3) is 0.190. The first-order valence-corrected chi connectivity index (χ1v) is 10.8. The van der Waals surface area contributed by atoms with E-state index in [-0.39, 0.29) is 23.8 Å². The van der Waals surface area contributed by atoms with E-state index < -0.39 is 16.1 Å². The first-order valence-electron chi connectivity index (χ1n) is 8.97. The van der Waals surface area contributed by atoms with Crippen LogP contribution in [0.15, 0.2) is 76.2 Å². The molecule has 6 nitrogen and oxygen atoms in total. The number of furan rings is 1. The van der Waals surface area contributed by atoms with E-state index >= 15 is 0 Å². The van der Waals surface area contributed by atoms with E-state index in [9.17, 15) is 13.2 Å². The monoisotopic (exact) mass is 432 g/mol. The number of hydrogen-bond acceptors (Lipinski definition) is 4. The number of sulfonamides is 1. The number of carbonyl (C=O) groups excluding carboxylic acids is 1. The van der Waals surface area contributed by atoms with Gasteiger partial charge in [-0.1, -0.05) is 47.5 Å².